The average Bonchev–Trinajstić information content (AvgIpc) is 2.46. The lowest BCUT2D eigenvalue weighted by Crippen LogP contribution is -2.45. The summed E-state index contributed by atoms with van der Waals surface area (Å²) in [4.78, 5) is 2.44. The zero-order valence-electron chi connectivity index (χ0n) is 12.7. The molecule has 1 aromatic rings. The van der Waals surface area contributed by atoms with Crippen molar-refractivity contribution in [3.8, 4) is 0 Å². The quantitative estimate of drug-likeness (QED) is 0.859. The highest BCUT2D eigenvalue weighted by Gasteiger charge is 2.18. The number of rotatable bonds is 6. The van der Waals surface area contributed by atoms with Gasteiger partial charge in [-0.25, -0.2) is 0 Å². The van der Waals surface area contributed by atoms with Crippen LogP contribution in [0, 0.1) is 0 Å². The van der Waals surface area contributed by atoms with E-state index < -0.39 is 0 Å². The van der Waals surface area contributed by atoms with Crippen molar-refractivity contribution in [1.29, 1.82) is 0 Å². The van der Waals surface area contributed by atoms with Crippen LogP contribution in [0.5, 0.6) is 0 Å². The molecule has 0 saturated carbocycles. The summed E-state index contributed by atoms with van der Waals surface area (Å²) in [5.74, 6) is 0. The van der Waals surface area contributed by atoms with Crippen LogP contribution in [0.25, 0.3) is 0 Å². The minimum atomic E-state index is 0.255. The van der Waals surface area contributed by atoms with E-state index in [-0.39, 0.29) is 6.04 Å². The molecule has 21 heavy (non-hydrogen) atoms. The van der Waals surface area contributed by atoms with Gasteiger partial charge in [0.15, 0.2) is 0 Å². The number of nitrogens with zero attached hydrogens (tertiary/aromatic N) is 1. The van der Waals surface area contributed by atoms with Crippen molar-refractivity contribution in [2.75, 3.05) is 32.8 Å². The molecular formula is C16H24Cl2N2O. The van der Waals surface area contributed by atoms with Gasteiger partial charge < -0.3 is 10.1 Å². The summed E-state index contributed by atoms with van der Waals surface area (Å²) in [6.07, 6.45) is 0.995. The Hall–Kier alpha value is -0.320. The number of ether oxygens (including phenoxy) is 1. The minimum absolute atomic E-state index is 0.255. The van der Waals surface area contributed by atoms with Crippen LogP contribution in [0.15, 0.2) is 18.2 Å². The molecule has 5 heteroatoms. The fourth-order valence-corrected chi connectivity index (χ4v) is 3.32. The van der Waals surface area contributed by atoms with Crippen LogP contribution in [-0.4, -0.2) is 43.8 Å². The first kappa shape index (κ1) is 17.0. The Balaban J connectivity index is 1.94. The van der Waals surface area contributed by atoms with Crippen molar-refractivity contribution < 1.29 is 4.74 Å². The normalized spacial score (nSPS) is 19.4. The summed E-state index contributed by atoms with van der Waals surface area (Å²) in [6.45, 7) is 9.14. The van der Waals surface area contributed by atoms with Crippen molar-refractivity contribution in [2.24, 2.45) is 0 Å². The molecule has 0 aromatic heterocycles. The molecular weight excluding hydrogens is 307 g/mol. The summed E-state index contributed by atoms with van der Waals surface area (Å²) in [6, 6.07) is 6.40. The molecule has 0 aliphatic carbocycles. The number of hydrogen-bond donors (Lipinski definition) is 1. The molecule has 1 heterocycles. The Morgan fingerprint density at radius 1 is 1.29 bits per heavy atom. The summed E-state index contributed by atoms with van der Waals surface area (Å²) >= 11 is 12.3. The van der Waals surface area contributed by atoms with Crippen LogP contribution >= 0.6 is 23.2 Å². The fraction of sp³-hybridized carbons (Fsp3) is 0.625. The lowest BCUT2D eigenvalue weighted by Gasteiger charge is -2.31. The molecule has 1 N–H and O–H groups in total. The van der Waals surface area contributed by atoms with Crippen molar-refractivity contribution >= 4 is 23.2 Å². The fourth-order valence-electron chi connectivity index (χ4n) is 2.78. The van der Waals surface area contributed by atoms with Gasteiger partial charge in [-0.15, -0.1) is 0 Å². The van der Waals surface area contributed by atoms with Crippen LogP contribution in [0.3, 0.4) is 0 Å². The molecule has 0 amide bonds. The first-order chi connectivity index (χ1) is 10.1. The van der Waals surface area contributed by atoms with Gasteiger partial charge >= 0.3 is 0 Å². The first-order valence-corrected chi connectivity index (χ1v) is 8.36. The van der Waals surface area contributed by atoms with Crippen molar-refractivity contribution in [1.82, 2.24) is 10.2 Å². The van der Waals surface area contributed by atoms with Crippen LogP contribution in [0.2, 0.25) is 10.0 Å². The monoisotopic (exact) mass is 330 g/mol. The number of benzene rings is 1. The molecule has 2 unspecified atom stereocenters. The molecule has 1 saturated heterocycles. The Morgan fingerprint density at radius 2 is 2.00 bits per heavy atom. The zero-order chi connectivity index (χ0) is 15.2. The number of hydrogen-bond acceptors (Lipinski definition) is 3. The van der Waals surface area contributed by atoms with E-state index in [9.17, 15) is 0 Å². The van der Waals surface area contributed by atoms with Gasteiger partial charge in [-0.3, -0.25) is 4.90 Å². The van der Waals surface area contributed by atoms with Crippen molar-refractivity contribution in [2.45, 2.75) is 32.4 Å². The van der Waals surface area contributed by atoms with E-state index >= 15 is 0 Å². The van der Waals surface area contributed by atoms with E-state index in [0.717, 1.165) is 49.9 Å². The highest BCUT2D eigenvalue weighted by molar-refractivity contribution is 6.35. The van der Waals surface area contributed by atoms with E-state index in [1.807, 2.05) is 18.2 Å². The standard InChI is InChI=1S/C16H24Cl2N2O/c1-3-16(14-5-4-13(17)10-15(14)18)19-12(2)11-20-6-8-21-9-7-20/h4-5,10,12,16,19H,3,6-9,11H2,1-2H3. The SMILES string of the molecule is CCC(NC(C)CN1CCOCC1)c1ccc(Cl)cc1Cl. The van der Waals surface area contributed by atoms with Gasteiger partial charge in [0.2, 0.25) is 0 Å². The second kappa shape index (κ2) is 8.35. The predicted molar refractivity (Wildman–Crippen MR) is 89.4 cm³/mol. The molecule has 1 fully saturated rings. The predicted octanol–water partition coefficient (Wildman–Crippen LogP) is 3.75. The number of nitrogens with one attached hydrogen (secondary N) is 1. The van der Waals surface area contributed by atoms with Gasteiger partial charge in [0.1, 0.15) is 0 Å². The molecule has 0 bridgehead atoms. The van der Waals surface area contributed by atoms with E-state index in [2.05, 4.69) is 24.1 Å². The summed E-state index contributed by atoms with van der Waals surface area (Å²) in [5.41, 5.74) is 1.12. The van der Waals surface area contributed by atoms with Crippen LogP contribution < -0.4 is 5.32 Å². The molecule has 1 aliphatic heterocycles. The Labute approximate surface area is 137 Å². The Kier molecular flexibility index (Phi) is 6.77. The molecule has 3 nitrogen and oxygen atoms in total. The lowest BCUT2D eigenvalue weighted by molar-refractivity contribution is 0.0338. The van der Waals surface area contributed by atoms with E-state index in [1.54, 1.807) is 0 Å². The maximum absolute atomic E-state index is 6.33. The average molecular weight is 331 g/mol. The van der Waals surface area contributed by atoms with Gasteiger partial charge in [-0.05, 0) is 31.0 Å². The topological polar surface area (TPSA) is 24.5 Å². The van der Waals surface area contributed by atoms with Crippen LogP contribution in [0.1, 0.15) is 31.9 Å². The van der Waals surface area contributed by atoms with Gasteiger partial charge in [0.25, 0.3) is 0 Å². The van der Waals surface area contributed by atoms with Gasteiger partial charge in [0.05, 0.1) is 13.2 Å². The van der Waals surface area contributed by atoms with Crippen molar-refractivity contribution in [3.63, 3.8) is 0 Å². The van der Waals surface area contributed by atoms with Gasteiger partial charge in [-0.1, -0.05) is 36.2 Å². The highest BCUT2D eigenvalue weighted by atomic mass is 35.5. The molecule has 2 rings (SSSR count). The van der Waals surface area contributed by atoms with Crippen LogP contribution in [0.4, 0.5) is 0 Å². The maximum atomic E-state index is 6.33. The van der Waals surface area contributed by atoms with E-state index in [1.165, 1.54) is 0 Å². The smallest absolute Gasteiger partial charge is 0.0594 e. The number of morpholine rings is 1. The summed E-state index contributed by atoms with van der Waals surface area (Å²) < 4.78 is 5.39. The molecule has 2 atom stereocenters. The first-order valence-electron chi connectivity index (χ1n) is 7.61. The van der Waals surface area contributed by atoms with E-state index in [4.69, 9.17) is 27.9 Å². The van der Waals surface area contributed by atoms with Gasteiger partial charge in [-0.2, -0.15) is 0 Å². The third kappa shape index (κ3) is 5.11. The zero-order valence-corrected chi connectivity index (χ0v) is 14.3. The lowest BCUT2D eigenvalue weighted by atomic mass is 10.0. The van der Waals surface area contributed by atoms with Gasteiger partial charge in [0, 0.05) is 41.8 Å². The van der Waals surface area contributed by atoms with E-state index in [0.29, 0.717) is 11.1 Å². The molecule has 118 valence electrons. The van der Waals surface area contributed by atoms with Crippen molar-refractivity contribution in [3.05, 3.63) is 33.8 Å². The molecule has 1 aliphatic rings. The largest absolute Gasteiger partial charge is 0.379 e. The summed E-state index contributed by atoms with van der Waals surface area (Å²) in [5, 5.41) is 5.10. The Morgan fingerprint density at radius 3 is 2.62 bits per heavy atom. The van der Waals surface area contributed by atoms with Crippen LogP contribution in [-0.2, 0) is 4.74 Å². The molecule has 0 radical (unpaired) electrons. The number of halogens is 2. The molecule has 1 aromatic carbocycles. The second-order valence-electron chi connectivity index (χ2n) is 5.61. The maximum Gasteiger partial charge on any atom is 0.0594 e. The Bertz CT molecular complexity index is 450. The summed E-state index contributed by atoms with van der Waals surface area (Å²) in [7, 11) is 0. The third-order valence-electron chi connectivity index (χ3n) is 3.87. The highest BCUT2D eigenvalue weighted by Crippen LogP contribution is 2.28. The second-order valence-corrected chi connectivity index (χ2v) is 6.45. The minimum Gasteiger partial charge on any atom is -0.379 e. The molecule has 0 spiro atoms. The third-order valence-corrected chi connectivity index (χ3v) is 4.43.